The maximum absolute atomic E-state index is 13.7. The zero-order chi connectivity index (χ0) is 26.9. The molecule has 10 heteroatoms. The number of nitrogens with zero attached hydrogens (tertiary/aromatic N) is 2. The van der Waals surface area contributed by atoms with Gasteiger partial charge in [-0.2, -0.15) is 0 Å². The molecule has 0 aliphatic carbocycles. The number of benzene rings is 2. The lowest BCUT2D eigenvalue weighted by atomic mass is 10.1. The number of methoxy groups -OCH3 is 2. The molecule has 0 fully saturated rings. The molecule has 2 amide bonds. The predicted octanol–water partition coefficient (Wildman–Crippen LogP) is 3.19. The molecule has 1 N–H and O–H groups in total. The highest BCUT2D eigenvalue weighted by Gasteiger charge is 2.32. The van der Waals surface area contributed by atoms with Crippen molar-refractivity contribution in [2.75, 3.05) is 31.3 Å². The molecule has 0 aliphatic rings. The molecular weight excluding hydrogens is 482 g/mol. The lowest BCUT2D eigenvalue weighted by molar-refractivity contribution is -0.140. The van der Waals surface area contributed by atoms with Crippen LogP contribution in [0.25, 0.3) is 0 Å². The van der Waals surface area contributed by atoms with E-state index in [2.05, 4.69) is 5.32 Å². The van der Waals surface area contributed by atoms with Crippen molar-refractivity contribution in [1.29, 1.82) is 0 Å². The fourth-order valence-corrected chi connectivity index (χ4v) is 4.50. The molecule has 0 radical (unpaired) electrons. The van der Waals surface area contributed by atoms with Gasteiger partial charge in [-0.3, -0.25) is 13.9 Å². The van der Waals surface area contributed by atoms with Crippen molar-refractivity contribution in [2.45, 2.75) is 52.2 Å². The third-order valence-corrected chi connectivity index (χ3v) is 7.08. The Hall–Kier alpha value is -3.27. The summed E-state index contributed by atoms with van der Waals surface area (Å²) in [6.45, 7) is 5.37. The summed E-state index contributed by atoms with van der Waals surface area (Å²) in [4.78, 5) is 28.3. The third-order valence-electron chi connectivity index (χ3n) is 5.94. The van der Waals surface area contributed by atoms with Crippen molar-refractivity contribution >= 4 is 27.5 Å². The molecule has 9 nitrogen and oxygen atoms in total. The largest absolute Gasteiger partial charge is 0.497 e. The molecule has 2 atom stereocenters. The molecule has 0 aromatic heterocycles. The van der Waals surface area contributed by atoms with Gasteiger partial charge in [0.1, 0.15) is 24.1 Å². The second kappa shape index (κ2) is 13.2. The Morgan fingerprint density at radius 1 is 0.917 bits per heavy atom. The molecule has 2 rings (SSSR count). The van der Waals surface area contributed by atoms with Gasteiger partial charge in [0.2, 0.25) is 21.8 Å². The smallest absolute Gasteiger partial charge is 0.244 e. The first-order valence-corrected chi connectivity index (χ1v) is 13.7. The monoisotopic (exact) mass is 519 g/mol. The van der Waals surface area contributed by atoms with Gasteiger partial charge in [-0.05, 0) is 61.7 Å². The minimum absolute atomic E-state index is 0.0590. The second-order valence-electron chi connectivity index (χ2n) is 8.58. The second-order valence-corrected chi connectivity index (χ2v) is 10.5. The van der Waals surface area contributed by atoms with E-state index in [9.17, 15) is 18.0 Å². The number of sulfonamides is 1. The van der Waals surface area contributed by atoms with E-state index in [1.54, 1.807) is 43.5 Å². The maximum Gasteiger partial charge on any atom is 0.244 e. The van der Waals surface area contributed by atoms with E-state index in [1.165, 1.54) is 12.0 Å². The summed E-state index contributed by atoms with van der Waals surface area (Å²) in [6.07, 6.45) is 2.16. The van der Waals surface area contributed by atoms with Crippen LogP contribution in [0.3, 0.4) is 0 Å². The molecule has 2 aromatic carbocycles. The molecule has 198 valence electrons. The number of carbonyl (C=O) groups is 2. The van der Waals surface area contributed by atoms with Crippen LogP contribution < -0.4 is 19.1 Å². The summed E-state index contributed by atoms with van der Waals surface area (Å²) in [5.41, 5.74) is 1.11. The highest BCUT2D eigenvalue weighted by molar-refractivity contribution is 7.92. The van der Waals surface area contributed by atoms with E-state index in [1.807, 2.05) is 32.9 Å². The molecular formula is C26H37N3O6S. The van der Waals surface area contributed by atoms with Crippen LogP contribution in [0.1, 0.15) is 39.2 Å². The summed E-state index contributed by atoms with van der Waals surface area (Å²) < 4.78 is 36.7. The van der Waals surface area contributed by atoms with Crippen LogP contribution in [-0.4, -0.2) is 64.2 Å². The quantitative estimate of drug-likeness (QED) is 0.436. The number of ether oxygens (including phenoxy) is 2. The van der Waals surface area contributed by atoms with E-state index < -0.39 is 28.5 Å². The summed E-state index contributed by atoms with van der Waals surface area (Å²) in [5.74, 6) is 0.468. The fraction of sp³-hybridized carbons (Fsp3) is 0.462. The van der Waals surface area contributed by atoms with E-state index in [4.69, 9.17) is 9.47 Å². The van der Waals surface area contributed by atoms with Gasteiger partial charge in [0.15, 0.2) is 0 Å². The number of rotatable bonds is 13. The maximum atomic E-state index is 13.7. The van der Waals surface area contributed by atoms with Gasteiger partial charge in [-0.1, -0.05) is 26.0 Å². The normalized spacial score (nSPS) is 12.8. The molecule has 36 heavy (non-hydrogen) atoms. The Morgan fingerprint density at radius 2 is 1.44 bits per heavy atom. The van der Waals surface area contributed by atoms with Crippen LogP contribution in [0.4, 0.5) is 5.69 Å². The summed E-state index contributed by atoms with van der Waals surface area (Å²) in [5, 5.41) is 2.95. The van der Waals surface area contributed by atoms with Crippen LogP contribution in [0.5, 0.6) is 11.5 Å². The topological polar surface area (TPSA) is 105 Å². The van der Waals surface area contributed by atoms with E-state index in [-0.39, 0.29) is 18.5 Å². The van der Waals surface area contributed by atoms with Gasteiger partial charge in [-0.15, -0.1) is 0 Å². The van der Waals surface area contributed by atoms with Gasteiger partial charge in [-0.25, -0.2) is 8.42 Å². The number of carbonyl (C=O) groups excluding carboxylic acids is 2. The van der Waals surface area contributed by atoms with Crippen molar-refractivity contribution in [3.8, 4) is 11.5 Å². The van der Waals surface area contributed by atoms with Crippen LogP contribution in [0.2, 0.25) is 0 Å². The summed E-state index contributed by atoms with van der Waals surface area (Å²) in [7, 11) is -0.717. The number of hydrogen-bond donors (Lipinski definition) is 1. The van der Waals surface area contributed by atoms with Gasteiger partial charge >= 0.3 is 0 Å². The van der Waals surface area contributed by atoms with E-state index >= 15 is 0 Å². The van der Waals surface area contributed by atoms with Crippen LogP contribution in [0, 0.1) is 0 Å². The van der Waals surface area contributed by atoms with E-state index in [0.29, 0.717) is 23.6 Å². The van der Waals surface area contributed by atoms with Crippen molar-refractivity contribution in [3.05, 3.63) is 54.1 Å². The summed E-state index contributed by atoms with van der Waals surface area (Å²) >= 11 is 0. The van der Waals surface area contributed by atoms with E-state index in [0.717, 1.165) is 22.5 Å². The predicted molar refractivity (Wildman–Crippen MR) is 141 cm³/mol. The zero-order valence-electron chi connectivity index (χ0n) is 21.9. The first kappa shape index (κ1) is 29.0. The molecule has 0 saturated carbocycles. The molecule has 0 bridgehead atoms. The molecule has 0 heterocycles. The number of nitrogens with one attached hydrogen (secondary N) is 1. The lowest BCUT2D eigenvalue weighted by Gasteiger charge is -2.33. The van der Waals surface area contributed by atoms with Crippen LogP contribution >= 0.6 is 0 Å². The fourth-order valence-electron chi connectivity index (χ4n) is 3.65. The average Bonchev–Trinajstić information content (AvgIpc) is 2.86. The molecule has 2 aromatic rings. The minimum atomic E-state index is -3.80. The lowest BCUT2D eigenvalue weighted by Crippen LogP contribution is -2.53. The highest BCUT2D eigenvalue weighted by Crippen LogP contribution is 2.23. The Morgan fingerprint density at radius 3 is 1.89 bits per heavy atom. The molecule has 0 unspecified atom stereocenters. The van der Waals surface area contributed by atoms with Gasteiger partial charge in [0, 0.05) is 12.6 Å². The van der Waals surface area contributed by atoms with Crippen LogP contribution in [-0.2, 0) is 26.2 Å². The first-order valence-electron chi connectivity index (χ1n) is 11.9. The highest BCUT2D eigenvalue weighted by atomic mass is 32.2. The minimum Gasteiger partial charge on any atom is -0.497 e. The first-order chi connectivity index (χ1) is 17.0. The van der Waals surface area contributed by atoms with Crippen LogP contribution in [0.15, 0.2) is 48.5 Å². The number of hydrogen-bond acceptors (Lipinski definition) is 6. The standard InChI is InChI=1S/C26H37N3O6S/c1-7-19(3)27-26(31)24(8-2)28(17-20-9-13-22(34-4)14-10-20)25(30)18-29(36(6,32)33)21-11-15-23(35-5)16-12-21/h9-16,19,24H,7-8,17-18H2,1-6H3,(H,27,31)/t19-,24-/m1/s1. The molecule has 0 aliphatic heterocycles. The Balaban J connectivity index is 2.42. The van der Waals surface area contributed by atoms with Gasteiger partial charge < -0.3 is 19.7 Å². The Bertz CT molecular complexity index is 1100. The molecule has 0 saturated heterocycles. The molecule has 0 spiro atoms. The Kier molecular flexibility index (Phi) is 10.6. The van der Waals surface area contributed by atoms with Gasteiger partial charge in [0.25, 0.3) is 0 Å². The Labute approximate surface area is 214 Å². The zero-order valence-corrected chi connectivity index (χ0v) is 22.7. The number of amides is 2. The average molecular weight is 520 g/mol. The van der Waals surface area contributed by atoms with Crippen molar-refractivity contribution < 1.29 is 27.5 Å². The number of anilines is 1. The van der Waals surface area contributed by atoms with Crippen molar-refractivity contribution in [1.82, 2.24) is 10.2 Å². The summed E-state index contributed by atoms with van der Waals surface area (Å²) in [6, 6.07) is 12.8. The SMILES string of the molecule is CC[C@@H](C)NC(=O)[C@@H](CC)N(Cc1ccc(OC)cc1)C(=O)CN(c1ccc(OC)cc1)S(C)(=O)=O. The van der Waals surface area contributed by atoms with Crippen molar-refractivity contribution in [3.63, 3.8) is 0 Å². The van der Waals surface area contributed by atoms with Crippen molar-refractivity contribution in [2.24, 2.45) is 0 Å². The van der Waals surface area contributed by atoms with Gasteiger partial charge in [0.05, 0.1) is 26.2 Å². The third kappa shape index (κ3) is 7.87.